The highest BCUT2D eigenvalue weighted by atomic mass is 35.5. The van der Waals surface area contributed by atoms with Crippen molar-refractivity contribution in [1.82, 2.24) is 0 Å². The molecular formula is C17H13ClO5. The van der Waals surface area contributed by atoms with E-state index in [0.29, 0.717) is 5.56 Å². The standard InChI is InChI=1S/C17H13ClO5/c1-7-4-10(22-2)13-14(15(7)18)16(20)9-5-8(19)6-11(23-3)12(9)17(13)21/h4-6,19H,1-3H3. The van der Waals surface area contributed by atoms with Crippen LogP contribution in [-0.4, -0.2) is 30.9 Å². The third-order valence-electron chi connectivity index (χ3n) is 3.86. The van der Waals surface area contributed by atoms with E-state index < -0.39 is 11.6 Å². The fourth-order valence-electron chi connectivity index (χ4n) is 2.80. The van der Waals surface area contributed by atoms with Crippen LogP contribution in [0.5, 0.6) is 17.2 Å². The van der Waals surface area contributed by atoms with Crippen LogP contribution in [-0.2, 0) is 0 Å². The molecule has 0 amide bonds. The van der Waals surface area contributed by atoms with Gasteiger partial charge in [0.15, 0.2) is 5.78 Å². The van der Waals surface area contributed by atoms with Crippen LogP contribution in [0.15, 0.2) is 18.2 Å². The Labute approximate surface area is 137 Å². The molecule has 1 N–H and O–H groups in total. The second-order valence-electron chi connectivity index (χ2n) is 5.19. The Morgan fingerprint density at radius 2 is 1.52 bits per heavy atom. The van der Waals surface area contributed by atoms with Crippen LogP contribution in [0, 0.1) is 6.92 Å². The van der Waals surface area contributed by atoms with Crippen molar-refractivity contribution >= 4 is 23.2 Å². The summed E-state index contributed by atoms with van der Waals surface area (Å²) >= 11 is 6.26. The van der Waals surface area contributed by atoms with Crippen LogP contribution < -0.4 is 9.47 Å². The van der Waals surface area contributed by atoms with E-state index in [1.54, 1.807) is 13.0 Å². The summed E-state index contributed by atoms with van der Waals surface area (Å²) in [6.07, 6.45) is 0. The average molecular weight is 333 g/mol. The Morgan fingerprint density at radius 1 is 0.913 bits per heavy atom. The summed E-state index contributed by atoms with van der Waals surface area (Å²) in [7, 11) is 2.78. The van der Waals surface area contributed by atoms with Gasteiger partial charge < -0.3 is 14.6 Å². The molecule has 0 fully saturated rings. The SMILES string of the molecule is COc1cc(O)cc2c1C(=O)c1c(OC)cc(C)c(Cl)c1C2=O. The zero-order chi connectivity index (χ0) is 16.9. The number of halogens is 1. The average Bonchev–Trinajstić information content (AvgIpc) is 2.53. The molecule has 0 spiro atoms. The van der Waals surface area contributed by atoms with Gasteiger partial charge in [-0.2, -0.15) is 0 Å². The molecule has 1 aliphatic rings. The first kappa shape index (κ1) is 15.4. The van der Waals surface area contributed by atoms with Gasteiger partial charge in [-0.05, 0) is 24.6 Å². The number of fused-ring (bicyclic) bond motifs is 2. The zero-order valence-corrected chi connectivity index (χ0v) is 13.4. The Balaban J connectivity index is 2.43. The number of aryl methyl sites for hydroxylation is 1. The number of phenolic OH excluding ortho intramolecular Hbond substituents is 1. The molecule has 0 saturated heterocycles. The second-order valence-corrected chi connectivity index (χ2v) is 5.57. The van der Waals surface area contributed by atoms with E-state index in [1.807, 2.05) is 0 Å². The number of aromatic hydroxyl groups is 1. The maximum Gasteiger partial charge on any atom is 0.202 e. The molecule has 0 aromatic heterocycles. The first-order chi connectivity index (χ1) is 10.9. The van der Waals surface area contributed by atoms with E-state index in [4.69, 9.17) is 21.1 Å². The van der Waals surface area contributed by atoms with Crippen molar-refractivity contribution in [1.29, 1.82) is 0 Å². The lowest BCUT2D eigenvalue weighted by molar-refractivity contribution is 0.0973. The summed E-state index contributed by atoms with van der Waals surface area (Å²) in [6, 6.07) is 4.15. The highest BCUT2D eigenvalue weighted by Crippen LogP contribution is 2.42. The van der Waals surface area contributed by atoms with Crippen molar-refractivity contribution in [3.05, 3.63) is 51.0 Å². The number of ketones is 2. The molecule has 5 nitrogen and oxygen atoms in total. The van der Waals surface area contributed by atoms with Gasteiger partial charge in [-0.1, -0.05) is 11.6 Å². The maximum atomic E-state index is 12.9. The normalized spacial score (nSPS) is 12.7. The van der Waals surface area contributed by atoms with Crippen molar-refractivity contribution in [3.63, 3.8) is 0 Å². The minimum absolute atomic E-state index is 0.0638. The number of hydrogen-bond acceptors (Lipinski definition) is 5. The van der Waals surface area contributed by atoms with Crippen molar-refractivity contribution in [2.24, 2.45) is 0 Å². The highest BCUT2D eigenvalue weighted by Gasteiger charge is 2.37. The zero-order valence-electron chi connectivity index (χ0n) is 12.7. The molecule has 0 radical (unpaired) electrons. The fraction of sp³-hybridized carbons (Fsp3) is 0.176. The molecule has 0 aliphatic heterocycles. The number of rotatable bonds is 2. The highest BCUT2D eigenvalue weighted by molar-refractivity contribution is 6.40. The Kier molecular flexibility index (Phi) is 3.53. The van der Waals surface area contributed by atoms with Crippen LogP contribution in [0.3, 0.4) is 0 Å². The van der Waals surface area contributed by atoms with Crippen molar-refractivity contribution in [2.45, 2.75) is 6.92 Å². The summed E-state index contributed by atoms with van der Waals surface area (Å²) in [5.74, 6) is -0.634. The van der Waals surface area contributed by atoms with Gasteiger partial charge in [0, 0.05) is 11.6 Å². The summed E-state index contributed by atoms with van der Waals surface area (Å²) in [6.45, 7) is 1.72. The molecule has 3 rings (SSSR count). The van der Waals surface area contributed by atoms with Crippen molar-refractivity contribution in [3.8, 4) is 17.2 Å². The van der Waals surface area contributed by atoms with E-state index in [0.717, 1.165) is 0 Å². The molecular weight excluding hydrogens is 320 g/mol. The number of phenols is 1. The van der Waals surface area contributed by atoms with Crippen LogP contribution in [0.25, 0.3) is 0 Å². The Hall–Kier alpha value is -2.53. The van der Waals surface area contributed by atoms with Crippen LogP contribution in [0.4, 0.5) is 0 Å². The molecule has 6 heteroatoms. The lowest BCUT2D eigenvalue weighted by Gasteiger charge is -2.23. The van der Waals surface area contributed by atoms with Gasteiger partial charge in [0.2, 0.25) is 5.78 Å². The number of ether oxygens (including phenoxy) is 2. The Morgan fingerprint density at radius 3 is 2.13 bits per heavy atom. The van der Waals surface area contributed by atoms with Gasteiger partial charge in [-0.15, -0.1) is 0 Å². The van der Waals surface area contributed by atoms with Crippen LogP contribution in [0.1, 0.15) is 37.4 Å². The van der Waals surface area contributed by atoms with Crippen molar-refractivity contribution in [2.75, 3.05) is 14.2 Å². The smallest absolute Gasteiger partial charge is 0.202 e. The van der Waals surface area contributed by atoms with Gasteiger partial charge in [-0.25, -0.2) is 0 Å². The van der Waals surface area contributed by atoms with Gasteiger partial charge in [0.25, 0.3) is 0 Å². The molecule has 23 heavy (non-hydrogen) atoms. The van der Waals surface area contributed by atoms with Gasteiger partial charge in [0.1, 0.15) is 17.2 Å². The lowest BCUT2D eigenvalue weighted by atomic mass is 9.82. The minimum Gasteiger partial charge on any atom is -0.508 e. The van der Waals surface area contributed by atoms with Crippen LogP contribution >= 0.6 is 11.6 Å². The number of hydrogen-bond donors (Lipinski definition) is 1. The van der Waals surface area contributed by atoms with E-state index in [1.165, 1.54) is 26.4 Å². The fourth-order valence-corrected chi connectivity index (χ4v) is 3.03. The second kappa shape index (κ2) is 5.28. The topological polar surface area (TPSA) is 72.8 Å². The number of benzene rings is 2. The van der Waals surface area contributed by atoms with Crippen LogP contribution in [0.2, 0.25) is 5.02 Å². The molecule has 0 bridgehead atoms. The molecule has 2 aromatic carbocycles. The summed E-state index contributed by atoms with van der Waals surface area (Å²) in [5.41, 5.74) is 0.993. The van der Waals surface area contributed by atoms with E-state index >= 15 is 0 Å². The molecule has 0 heterocycles. The Bertz CT molecular complexity index is 870. The predicted octanol–water partition coefficient (Wildman–Crippen LogP) is 3.15. The van der Waals surface area contributed by atoms with Crippen molar-refractivity contribution < 1.29 is 24.2 Å². The predicted molar refractivity (Wildman–Crippen MR) is 84.3 cm³/mol. The largest absolute Gasteiger partial charge is 0.508 e. The minimum atomic E-state index is -0.448. The number of carbonyl (C=O) groups is 2. The van der Waals surface area contributed by atoms with E-state index in [2.05, 4.69) is 0 Å². The van der Waals surface area contributed by atoms with Gasteiger partial charge >= 0.3 is 0 Å². The number of carbonyl (C=O) groups excluding carboxylic acids is 2. The quantitative estimate of drug-likeness (QED) is 0.780. The third kappa shape index (κ3) is 2.08. The molecule has 1 aliphatic carbocycles. The van der Waals surface area contributed by atoms with Gasteiger partial charge in [-0.3, -0.25) is 9.59 Å². The van der Waals surface area contributed by atoms with Gasteiger partial charge in [0.05, 0.1) is 35.9 Å². The molecule has 0 atom stereocenters. The summed E-state index contributed by atoms with van der Waals surface area (Å²) < 4.78 is 10.4. The first-order valence-corrected chi connectivity index (χ1v) is 7.16. The molecule has 118 valence electrons. The lowest BCUT2D eigenvalue weighted by Crippen LogP contribution is -2.23. The monoisotopic (exact) mass is 332 g/mol. The van der Waals surface area contributed by atoms with E-state index in [9.17, 15) is 14.7 Å². The maximum absolute atomic E-state index is 12.9. The molecule has 0 saturated carbocycles. The summed E-state index contributed by atoms with van der Waals surface area (Å²) in [5, 5.41) is 9.98. The van der Waals surface area contributed by atoms with E-state index in [-0.39, 0.29) is 44.5 Å². The number of methoxy groups -OCH3 is 2. The summed E-state index contributed by atoms with van der Waals surface area (Å²) in [4.78, 5) is 25.8. The third-order valence-corrected chi connectivity index (χ3v) is 4.35. The molecule has 2 aromatic rings. The molecule has 0 unspecified atom stereocenters. The first-order valence-electron chi connectivity index (χ1n) is 6.78.